The Bertz CT molecular complexity index is 396. The Morgan fingerprint density at radius 1 is 1.27 bits per heavy atom. The summed E-state index contributed by atoms with van der Waals surface area (Å²) in [5.74, 6) is 0. The Kier molecular flexibility index (Phi) is 1.73. The number of aromatic nitrogens is 1. The number of rotatable bonds is 0. The van der Waals surface area contributed by atoms with Crippen LogP contribution in [0.15, 0.2) is 31.8 Å². The summed E-state index contributed by atoms with van der Waals surface area (Å²) in [5.41, 5.74) is 0.785. The van der Waals surface area contributed by atoms with E-state index in [-0.39, 0.29) is 0 Å². The molecule has 2 nitrogen and oxygen atoms in total. The molecule has 0 aliphatic rings. The molecule has 0 spiro atoms. The molecule has 0 saturated heterocycles. The van der Waals surface area contributed by atoms with Crippen molar-refractivity contribution in [1.82, 2.24) is 5.16 Å². The van der Waals surface area contributed by atoms with Gasteiger partial charge in [-0.15, -0.1) is 0 Å². The van der Waals surface area contributed by atoms with Gasteiger partial charge in [0.05, 0.1) is 10.7 Å². The van der Waals surface area contributed by atoms with Gasteiger partial charge in [-0.05, 0) is 28.1 Å². The van der Waals surface area contributed by atoms with Gasteiger partial charge in [-0.1, -0.05) is 21.1 Å². The van der Waals surface area contributed by atoms with Crippen LogP contribution in [0.3, 0.4) is 0 Å². The third-order valence-corrected chi connectivity index (χ3v) is 2.42. The largest absolute Gasteiger partial charge is 0.355 e. The van der Waals surface area contributed by atoms with E-state index < -0.39 is 0 Å². The summed E-state index contributed by atoms with van der Waals surface area (Å²) >= 11 is 6.73. The van der Waals surface area contributed by atoms with E-state index in [1.807, 2.05) is 12.1 Å². The van der Waals surface area contributed by atoms with Gasteiger partial charge in [0.15, 0.2) is 5.58 Å². The molecule has 0 bridgehead atoms. The van der Waals surface area contributed by atoms with E-state index in [1.165, 1.54) is 0 Å². The fraction of sp³-hybridized carbons (Fsp3) is 0. The summed E-state index contributed by atoms with van der Waals surface area (Å²) < 4.78 is 6.92. The predicted molar refractivity (Wildman–Crippen MR) is 49.4 cm³/mol. The van der Waals surface area contributed by atoms with Crippen LogP contribution in [0.1, 0.15) is 0 Å². The Morgan fingerprint density at radius 3 is 2.91 bits per heavy atom. The lowest BCUT2D eigenvalue weighted by Gasteiger charge is -1.91. The molecule has 2 rings (SSSR count). The lowest BCUT2D eigenvalue weighted by atomic mass is 10.3. The van der Waals surface area contributed by atoms with Gasteiger partial charge in [0.1, 0.15) is 0 Å². The summed E-state index contributed by atoms with van der Waals surface area (Å²) in [7, 11) is 0. The lowest BCUT2D eigenvalue weighted by Crippen LogP contribution is -1.68. The fourth-order valence-electron chi connectivity index (χ4n) is 0.908. The Labute approximate surface area is 79.8 Å². The number of benzene rings is 1. The number of hydrogen-bond acceptors (Lipinski definition) is 2. The highest BCUT2D eigenvalue weighted by atomic mass is 79.9. The maximum atomic E-state index is 4.99. The summed E-state index contributed by atoms with van der Waals surface area (Å²) in [6.07, 6.45) is 1.69. The molecular weight excluding hydrogens is 274 g/mol. The number of halogens is 2. The van der Waals surface area contributed by atoms with E-state index in [0.29, 0.717) is 0 Å². The minimum absolute atomic E-state index is 0.785. The molecule has 0 atom stereocenters. The first-order valence-electron chi connectivity index (χ1n) is 2.97. The fourth-order valence-corrected chi connectivity index (χ4v) is 2.24. The summed E-state index contributed by atoms with van der Waals surface area (Å²) in [4.78, 5) is 0. The van der Waals surface area contributed by atoms with E-state index in [2.05, 4.69) is 37.0 Å². The van der Waals surface area contributed by atoms with Crippen molar-refractivity contribution in [2.24, 2.45) is 0 Å². The molecule has 2 aromatic rings. The van der Waals surface area contributed by atoms with Crippen LogP contribution in [-0.4, -0.2) is 5.16 Å². The van der Waals surface area contributed by atoms with Gasteiger partial charge in [-0.25, -0.2) is 0 Å². The second-order valence-corrected chi connectivity index (χ2v) is 3.90. The minimum atomic E-state index is 0.785. The molecule has 4 heteroatoms. The zero-order chi connectivity index (χ0) is 7.84. The lowest BCUT2D eigenvalue weighted by molar-refractivity contribution is 0.455. The highest BCUT2D eigenvalue weighted by Gasteiger charge is 2.03. The van der Waals surface area contributed by atoms with E-state index in [9.17, 15) is 0 Å². The van der Waals surface area contributed by atoms with Crippen LogP contribution in [0, 0.1) is 0 Å². The monoisotopic (exact) mass is 275 g/mol. The number of nitrogens with zero attached hydrogens (tertiary/aromatic N) is 1. The van der Waals surface area contributed by atoms with Gasteiger partial charge in [-0.3, -0.25) is 0 Å². The molecule has 0 radical (unpaired) electrons. The third kappa shape index (κ3) is 1.20. The van der Waals surface area contributed by atoms with Gasteiger partial charge in [0, 0.05) is 9.86 Å². The smallest absolute Gasteiger partial charge is 0.181 e. The van der Waals surface area contributed by atoms with E-state index >= 15 is 0 Å². The van der Waals surface area contributed by atoms with E-state index in [4.69, 9.17) is 4.52 Å². The SMILES string of the molecule is Brc1cc(Br)c2oncc2c1. The second-order valence-electron chi connectivity index (χ2n) is 2.13. The maximum absolute atomic E-state index is 4.99. The Balaban J connectivity index is 2.91. The van der Waals surface area contributed by atoms with Crippen molar-refractivity contribution in [3.63, 3.8) is 0 Å². The molecule has 0 aliphatic carbocycles. The molecule has 1 aromatic heterocycles. The summed E-state index contributed by atoms with van der Waals surface area (Å²) in [5, 5.41) is 4.67. The van der Waals surface area contributed by atoms with Crippen LogP contribution in [0.4, 0.5) is 0 Å². The first-order chi connectivity index (χ1) is 5.27. The Hall–Kier alpha value is -0.350. The Morgan fingerprint density at radius 2 is 2.09 bits per heavy atom. The average Bonchev–Trinajstić information content (AvgIpc) is 2.34. The normalized spacial score (nSPS) is 10.7. The zero-order valence-electron chi connectivity index (χ0n) is 5.34. The summed E-state index contributed by atoms with van der Waals surface area (Å²) in [6.45, 7) is 0. The molecular formula is C7H3Br2NO. The first-order valence-corrected chi connectivity index (χ1v) is 4.55. The average molecular weight is 277 g/mol. The highest BCUT2D eigenvalue weighted by molar-refractivity contribution is 9.11. The molecule has 1 aromatic carbocycles. The van der Waals surface area contributed by atoms with Gasteiger partial charge in [0.25, 0.3) is 0 Å². The molecule has 0 N–H and O–H groups in total. The maximum Gasteiger partial charge on any atom is 0.181 e. The van der Waals surface area contributed by atoms with Crippen molar-refractivity contribution in [2.45, 2.75) is 0 Å². The minimum Gasteiger partial charge on any atom is -0.355 e. The second kappa shape index (κ2) is 2.60. The molecule has 56 valence electrons. The molecule has 0 aliphatic heterocycles. The van der Waals surface area contributed by atoms with E-state index in [0.717, 1.165) is 19.9 Å². The van der Waals surface area contributed by atoms with Crippen molar-refractivity contribution < 1.29 is 4.52 Å². The van der Waals surface area contributed by atoms with Gasteiger partial charge >= 0.3 is 0 Å². The summed E-state index contributed by atoms with van der Waals surface area (Å²) in [6, 6.07) is 3.88. The number of hydrogen-bond donors (Lipinski definition) is 0. The molecule has 1 heterocycles. The first kappa shape index (κ1) is 7.31. The van der Waals surface area contributed by atoms with E-state index in [1.54, 1.807) is 6.20 Å². The van der Waals surface area contributed by atoms with Crippen molar-refractivity contribution in [1.29, 1.82) is 0 Å². The highest BCUT2D eigenvalue weighted by Crippen LogP contribution is 2.27. The van der Waals surface area contributed by atoms with Crippen LogP contribution in [-0.2, 0) is 0 Å². The standard InChI is InChI=1S/C7H3Br2NO/c8-5-1-4-3-10-11-7(4)6(9)2-5/h1-3H. The third-order valence-electron chi connectivity index (χ3n) is 1.37. The van der Waals surface area contributed by atoms with Crippen LogP contribution < -0.4 is 0 Å². The van der Waals surface area contributed by atoms with Gasteiger partial charge in [-0.2, -0.15) is 0 Å². The molecule has 11 heavy (non-hydrogen) atoms. The van der Waals surface area contributed by atoms with Crippen LogP contribution in [0.2, 0.25) is 0 Å². The molecule has 0 amide bonds. The number of fused-ring (bicyclic) bond motifs is 1. The quantitative estimate of drug-likeness (QED) is 0.738. The van der Waals surface area contributed by atoms with Crippen LogP contribution in [0.25, 0.3) is 11.0 Å². The zero-order valence-corrected chi connectivity index (χ0v) is 8.52. The van der Waals surface area contributed by atoms with Gasteiger partial charge < -0.3 is 4.52 Å². The van der Waals surface area contributed by atoms with Gasteiger partial charge in [0.2, 0.25) is 0 Å². The molecule has 0 saturated carbocycles. The predicted octanol–water partition coefficient (Wildman–Crippen LogP) is 3.35. The van der Waals surface area contributed by atoms with Crippen molar-refractivity contribution >= 4 is 42.8 Å². The molecule has 0 unspecified atom stereocenters. The van der Waals surface area contributed by atoms with Crippen molar-refractivity contribution in [3.8, 4) is 0 Å². The topological polar surface area (TPSA) is 26.0 Å². The molecule has 0 fully saturated rings. The van der Waals surface area contributed by atoms with Crippen molar-refractivity contribution in [3.05, 3.63) is 27.3 Å². The van der Waals surface area contributed by atoms with Crippen LogP contribution >= 0.6 is 31.9 Å². The van der Waals surface area contributed by atoms with Crippen LogP contribution in [0.5, 0.6) is 0 Å². The van der Waals surface area contributed by atoms with Crippen molar-refractivity contribution in [2.75, 3.05) is 0 Å².